The molecule has 0 saturated heterocycles. The molecular weight excluding hydrogens is 482 g/mol. The molecule has 1 aliphatic heterocycles. The molecular formula is C31H29NO6. The maximum atomic E-state index is 13.4. The molecule has 7 heteroatoms. The summed E-state index contributed by atoms with van der Waals surface area (Å²) in [5, 5.41) is 0.847. The zero-order valence-electron chi connectivity index (χ0n) is 21.6. The molecule has 5 rings (SSSR count). The van der Waals surface area contributed by atoms with Crippen molar-refractivity contribution >= 4 is 23.0 Å². The summed E-state index contributed by atoms with van der Waals surface area (Å²) in [7, 11) is 3.20. The summed E-state index contributed by atoms with van der Waals surface area (Å²) in [5.41, 5.74) is 3.86. The van der Waals surface area contributed by atoms with Gasteiger partial charge < -0.3 is 23.5 Å². The summed E-state index contributed by atoms with van der Waals surface area (Å²) in [6, 6.07) is 20.1. The second kappa shape index (κ2) is 10.8. The van der Waals surface area contributed by atoms with Gasteiger partial charge in [-0.3, -0.25) is 4.79 Å². The van der Waals surface area contributed by atoms with Crippen LogP contribution >= 0.6 is 0 Å². The van der Waals surface area contributed by atoms with Crippen molar-refractivity contribution in [2.45, 2.75) is 19.4 Å². The first-order valence-electron chi connectivity index (χ1n) is 12.4. The number of methoxy groups -OCH3 is 2. The van der Waals surface area contributed by atoms with Gasteiger partial charge in [-0.15, -0.1) is 0 Å². The molecule has 4 aromatic rings. The van der Waals surface area contributed by atoms with Crippen molar-refractivity contribution < 1.29 is 23.4 Å². The molecule has 0 bridgehead atoms. The highest BCUT2D eigenvalue weighted by molar-refractivity contribution is 5.92. The molecule has 2 heterocycles. The minimum absolute atomic E-state index is 0.108. The second-order valence-electron chi connectivity index (χ2n) is 9.16. The van der Waals surface area contributed by atoms with E-state index in [9.17, 15) is 9.59 Å². The second-order valence-corrected chi connectivity index (χ2v) is 9.16. The lowest BCUT2D eigenvalue weighted by atomic mass is 9.92. The number of carbonyl (C=O) groups excluding carboxylic acids is 1. The third-order valence-corrected chi connectivity index (χ3v) is 6.83. The van der Waals surface area contributed by atoms with E-state index in [1.54, 1.807) is 26.4 Å². The number of benzene rings is 3. The van der Waals surface area contributed by atoms with Gasteiger partial charge in [0.1, 0.15) is 17.9 Å². The summed E-state index contributed by atoms with van der Waals surface area (Å²) in [6.07, 6.45) is 4.09. The summed E-state index contributed by atoms with van der Waals surface area (Å²) < 4.78 is 22.7. The number of carbonyl (C=O) groups is 1. The molecule has 0 spiro atoms. The van der Waals surface area contributed by atoms with E-state index < -0.39 is 5.63 Å². The smallest absolute Gasteiger partial charge is 0.336 e. The molecule has 1 aliphatic rings. The Morgan fingerprint density at radius 3 is 2.55 bits per heavy atom. The zero-order valence-corrected chi connectivity index (χ0v) is 21.6. The molecule has 1 atom stereocenters. The SMILES string of the molecule is COc1cc2c(cc1OC)C(COc1ccc3c(C)cc(=O)oc3c1)N(C(=O)/C=C/c1ccccc1)CC2. The number of ether oxygens (including phenoxy) is 3. The van der Waals surface area contributed by atoms with E-state index in [4.69, 9.17) is 18.6 Å². The normalized spacial score (nSPS) is 14.9. The Balaban J connectivity index is 1.47. The molecule has 0 aliphatic carbocycles. The Morgan fingerprint density at radius 2 is 1.79 bits per heavy atom. The first kappa shape index (κ1) is 25.1. The first-order chi connectivity index (χ1) is 18.5. The van der Waals surface area contributed by atoms with Gasteiger partial charge in [0, 0.05) is 30.1 Å². The molecule has 0 radical (unpaired) electrons. The van der Waals surface area contributed by atoms with Crippen LogP contribution in [0.15, 0.2) is 82.0 Å². The van der Waals surface area contributed by atoms with Crippen LogP contribution in [0.5, 0.6) is 17.2 Å². The lowest BCUT2D eigenvalue weighted by molar-refractivity contribution is -0.129. The Morgan fingerprint density at radius 1 is 1.03 bits per heavy atom. The highest BCUT2D eigenvalue weighted by Crippen LogP contribution is 2.38. The van der Waals surface area contributed by atoms with Crippen LogP contribution in [0.2, 0.25) is 0 Å². The van der Waals surface area contributed by atoms with Crippen LogP contribution in [0.3, 0.4) is 0 Å². The minimum Gasteiger partial charge on any atom is -0.493 e. The van der Waals surface area contributed by atoms with Crippen LogP contribution in [-0.4, -0.2) is 38.2 Å². The Labute approximate surface area is 220 Å². The Kier molecular flexibility index (Phi) is 7.18. The molecule has 7 nitrogen and oxygen atoms in total. The fourth-order valence-corrected chi connectivity index (χ4v) is 4.87. The lowest BCUT2D eigenvalue weighted by Crippen LogP contribution is -2.41. The van der Waals surface area contributed by atoms with E-state index in [2.05, 4.69) is 0 Å². The summed E-state index contributed by atoms with van der Waals surface area (Å²) in [6.45, 7) is 2.60. The van der Waals surface area contributed by atoms with Crippen molar-refractivity contribution in [3.8, 4) is 17.2 Å². The van der Waals surface area contributed by atoms with Gasteiger partial charge in [-0.05, 0) is 65.9 Å². The maximum absolute atomic E-state index is 13.4. The van der Waals surface area contributed by atoms with Crippen molar-refractivity contribution in [2.75, 3.05) is 27.4 Å². The third kappa shape index (κ3) is 5.13. The highest BCUT2D eigenvalue weighted by Gasteiger charge is 2.32. The van der Waals surface area contributed by atoms with Gasteiger partial charge >= 0.3 is 5.63 Å². The van der Waals surface area contributed by atoms with Gasteiger partial charge in [0.05, 0.1) is 20.3 Å². The summed E-state index contributed by atoms with van der Waals surface area (Å²) in [5.74, 6) is 1.68. The van der Waals surface area contributed by atoms with Gasteiger partial charge in [0.25, 0.3) is 0 Å². The quantitative estimate of drug-likeness (QED) is 0.246. The number of hydrogen-bond acceptors (Lipinski definition) is 6. The van der Waals surface area contributed by atoms with E-state index in [0.29, 0.717) is 35.8 Å². The number of fused-ring (bicyclic) bond motifs is 2. The number of aryl methyl sites for hydroxylation is 1. The molecule has 0 N–H and O–H groups in total. The summed E-state index contributed by atoms with van der Waals surface area (Å²) in [4.78, 5) is 27.1. The van der Waals surface area contributed by atoms with Crippen molar-refractivity contribution in [3.63, 3.8) is 0 Å². The highest BCUT2D eigenvalue weighted by atomic mass is 16.5. The molecule has 3 aromatic carbocycles. The maximum Gasteiger partial charge on any atom is 0.336 e. The van der Waals surface area contributed by atoms with Gasteiger partial charge in [0.2, 0.25) is 5.91 Å². The molecule has 1 unspecified atom stereocenters. The van der Waals surface area contributed by atoms with Crippen LogP contribution in [0.4, 0.5) is 0 Å². The van der Waals surface area contributed by atoms with Crippen molar-refractivity contribution in [2.24, 2.45) is 0 Å². The minimum atomic E-state index is -0.406. The van der Waals surface area contributed by atoms with E-state index in [0.717, 1.165) is 27.6 Å². The Bertz CT molecular complexity index is 1560. The van der Waals surface area contributed by atoms with Gasteiger partial charge in [-0.2, -0.15) is 0 Å². The van der Waals surface area contributed by atoms with E-state index in [-0.39, 0.29) is 18.6 Å². The Hall–Kier alpha value is -4.52. The van der Waals surface area contributed by atoms with Gasteiger partial charge in [-0.25, -0.2) is 4.79 Å². The fourth-order valence-electron chi connectivity index (χ4n) is 4.87. The van der Waals surface area contributed by atoms with Crippen LogP contribution in [0, 0.1) is 6.92 Å². The van der Waals surface area contributed by atoms with E-state index in [1.165, 1.54) is 6.07 Å². The standard InChI is InChI=1S/C31H29NO6/c1-20-15-31(34)38-27-17-23(10-11-24(20)27)37-19-26-25-18-29(36-3)28(35-2)16-22(25)13-14-32(26)30(33)12-9-21-7-5-4-6-8-21/h4-12,15-18,26H,13-14,19H2,1-3H3/b12-9+. The van der Waals surface area contributed by atoms with Crippen molar-refractivity contribution in [1.82, 2.24) is 4.90 Å². The van der Waals surface area contributed by atoms with E-state index in [1.807, 2.05) is 72.5 Å². The van der Waals surface area contributed by atoms with Crippen molar-refractivity contribution in [3.05, 3.63) is 105 Å². The molecule has 0 saturated carbocycles. The number of amides is 1. The monoisotopic (exact) mass is 511 g/mol. The van der Waals surface area contributed by atoms with Crippen LogP contribution in [-0.2, 0) is 11.2 Å². The van der Waals surface area contributed by atoms with Gasteiger partial charge in [-0.1, -0.05) is 30.3 Å². The lowest BCUT2D eigenvalue weighted by Gasteiger charge is -2.37. The number of nitrogens with zero attached hydrogens (tertiary/aromatic N) is 1. The zero-order chi connectivity index (χ0) is 26.6. The molecule has 0 fully saturated rings. The van der Waals surface area contributed by atoms with Crippen LogP contribution in [0.25, 0.3) is 17.0 Å². The topological polar surface area (TPSA) is 78.2 Å². The number of rotatable bonds is 7. The molecule has 194 valence electrons. The largest absolute Gasteiger partial charge is 0.493 e. The number of hydrogen-bond donors (Lipinski definition) is 0. The third-order valence-electron chi connectivity index (χ3n) is 6.83. The van der Waals surface area contributed by atoms with Crippen LogP contribution < -0.4 is 19.8 Å². The average molecular weight is 512 g/mol. The molecule has 38 heavy (non-hydrogen) atoms. The average Bonchev–Trinajstić information content (AvgIpc) is 2.93. The molecule has 1 amide bonds. The predicted molar refractivity (Wildman–Crippen MR) is 146 cm³/mol. The fraction of sp³-hybridized carbons (Fsp3) is 0.226. The summed E-state index contributed by atoms with van der Waals surface area (Å²) >= 11 is 0. The van der Waals surface area contributed by atoms with Crippen molar-refractivity contribution in [1.29, 1.82) is 0 Å². The first-order valence-corrected chi connectivity index (χ1v) is 12.4. The van der Waals surface area contributed by atoms with E-state index >= 15 is 0 Å². The molecule has 1 aromatic heterocycles. The van der Waals surface area contributed by atoms with Gasteiger partial charge in [0.15, 0.2) is 11.5 Å². The predicted octanol–water partition coefficient (Wildman–Crippen LogP) is 5.34. The van der Waals surface area contributed by atoms with Crippen LogP contribution in [0.1, 0.15) is 28.3 Å².